The van der Waals surface area contributed by atoms with Crippen LogP contribution in [-0.2, 0) is 39.2 Å². The molecule has 0 spiro atoms. The second kappa shape index (κ2) is 25.8. The molecule has 0 saturated heterocycles. The Kier molecular flexibility index (Phi) is 23.6. The van der Waals surface area contributed by atoms with Gasteiger partial charge in [0.05, 0.1) is 13.2 Å². The van der Waals surface area contributed by atoms with Crippen LogP contribution in [-0.4, -0.2) is 44.3 Å². The molecule has 1 aromatic rings. The summed E-state index contributed by atoms with van der Waals surface area (Å²) in [4.78, 5) is 35.4. The lowest BCUT2D eigenvalue weighted by Crippen LogP contribution is -2.35. The second-order valence-corrected chi connectivity index (χ2v) is 12.5. The molecule has 0 amide bonds. The molecule has 42 heavy (non-hydrogen) atoms. The second-order valence-electron chi connectivity index (χ2n) is 11.1. The first-order valence-corrected chi connectivity index (χ1v) is 17.6. The number of hydrogen-bond donors (Lipinski definition) is 0. The zero-order chi connectivity index (χ0) is 30.7. The quantitative estimate of drug-likeness (QED) is 0.0325. The summed E-state index contributed by atoms with van der Waals surface area (Å²) in [7, 11) is -4.61. The number of ketones is 1. The fraction of sp³-hybridized carbons (Fsp3) is 0.781. The number of phosphoric acid groups is 1. The van der Waals surface area contributed by atoms with Gasteiger partial charge in [-0.1, -0.05) is 109 Å². The topological polar surface area (TPSA) is 115 Å². The fourth-order valence-electron chi connectivity index (χ4n) is 4.57. The molecule has 242 valence electrons. The molecule has 1 heterocycles. The van der Waals surface area contributed by atoms with Crippen molar-refractivity contribution < 1.29 is 42.1 Å². The Bertz CT molecular complexity index is 854. The minimum atomic E-state index is -4.61. The van der Waals surface area contributed by atoms with Crippen LogP contribution in [0.5, 0.6) is 0 Å². The SMILES string of the molecule is CCCCCCCCCCCCCCCCCCOCC(COP(=O)([O-])OCC[n+]1ccccc1)OC(=O)CC(C)=O. The van der Waals surface area contributed by atoms with Crippen molar-refractivity contribution in [2.24, 2.45) is 0 Å². The average Bonchev–Trinajstić information content (AvgIpc) is 2.95. The van der Waals surface area contributed by atoms with Crippen LogP contribution in [0.1, 0.15) is 123 Å². The number of pyridine rings is 1. The highest BCUT2D eigenvalue weighted by Crippen LogP contribution is 2.38. The molecule has 0 radical (unpaired) electrons. The van der Waals surface area contributed by atoms with Gasteiger partial charge in [0, 0.05) is 18.7 Å². The largest absolute Gasteiger partial charge is 0.756 e. The van der Waals surface area contributed by atoms with Crippen molar-refractivity contribution >= 4 is 19.6 Å². The van der Waals surface area contributed by atoms with Gasteiger partial charge >= 0.3 is 5.97 Å². The molecular weight excluding hydrogens is 557 g/mol. The van der Waals surface area contributed by atoms with Crippen LogP contribution in [0.3, 0.4) is 0 Å². The van der Waals surface area contributed by atoms with Crippen molar-refractivity contribution in [1.29, 1.82) is 0 Å². The summed E-state index contributed by atoms with van der Waals surface area (Å²) in [5.74, 6) is -1.09. The summed E-state index contributed by atoms with van der Waals surface area (Å²) in [5.41, 5.74) is 0. The molecule has 10 heteroatoms. The van der Waals surface area contributed by atoms with Gasteiger partial charge in [0.15, 0.2) is 18.9 Å². The van der Waals surface area contributed by atoms with Gasteiger partial charge in [-0.2, -0.15) is 0 Å². The van der Waals surface area contributed by atoms with Crippen LogP contribution >= 0.6 is 7.82 Å². The van der Waals surface area contributed by atoms with E-state index in [1.807, 2.05) is 18.2 Å². The van der Waals surface area contributed by atoms with Crippen LogP contribution in [0.2, 0.25) is 0 Å². The molecule has 0 N–H and O–H groups in total. The van der Waals surface area contributed by atoms with Gasteiger partial charge in [0.1, 0.15) is 24.9 Å². The Hall–Kier alpha value is -1.64. The predicted octanol–water partition coefficient (Wildman–Crippen LogP) is 6.64. The summed E-state index contributed by atoms with van der Waals surface area (Å²) in [5, 5.41) is 0. The van der Waals surface area contributed by atoms with Gasteiger partial charge < -0.3 is 23.4 Å². The van der Waals surface area contributed by atoms with E-state index in [0.29, 0.717) is 13.2 Å². The lowest BCUT2D eigenvalue weighted by Gasteiger charge is -2.25. The number of carbonyl (C=O) groups excluding carboxylic acids is 2. The number of carbonyl (C=O) groups is 2. The number of nitrogens with zero attached hydrogens (tertiary/aromatic N) is 1. The number of ether oxygens (including phenoxy) is 2. The van der Waals surface area contributed by atoms with Crippen LogP contribution in [0.25, 0.3) is 0 Å². The molecule has 0 saturated carbocycles. The molecule has 0 aliphatic rings. The Morgan fingerprint density at radius 2 is 1.26 bits per heavy atom. The van der Waals surface area contributed by atoms with Gasteiger partial charge in [-0.15, -0.1) is 0 Å². The molecule has 1 rings (SSSR count). The van der Waals surface area contributed by atoms with Crippen molar-refractivity contribution in [3.8, 4) is 0 Å². The maximum Gasteiger partial charge on any atom is 0.313 e. The smallest absolute Gasteiger partial charge is 0.313 e. The number of phosphoric ester groups is 1. The standard InChI is InChI=1S/C32H56NO8P/c1-3-4-5-6-7-8-9-10-11-12-13-14-15-16-17-21-25-38-28-31(41-32(35)27-30(2)34)29-40-42(36,37)39-26-24-33-22-19-18-20-23-33/h18-20,22-23,31H,3-17,21,24-29H2,1-2H3. The van der Waals surface area contributed by atoms with E-state index in [4.69, 9.17) is 18.5 Å². The molecule has 2 atom stereocenters. The third kappa shape index (κ3) is 23.9. The van der Waals surface area contributed by atoms with E-state index >= 15 is 0 Å². The highest BCUT2D eigenvalue weighted by atomic mass is 31.2. The number of aromatic nitrogens is 1. The third-order valence-corrected chi connectivity index (χ3v) is 7.90. The Morgan fingerprint density at radius 3 is 1.79 bits per heavy atom. The van der Waals surface area contributed by atoms with Gasteiger partial charge in [-0.05, 0) is 13.3 Å². The molecule has 0 aliphatic carbocycles. The van der Waals surface area contributed by atoms with Gasteiger partial charge in [0.2, 0.25) is 0 Å². The first-order valence-electron chi connectivity index (χ1n) is 16.1. The highest BCUT2D eigenvalue weighted by molar-refractivity contribution is 7.45. The molecule has 0 bridgehead atoms. The van der Waals surface area contributed by atoms with Crippen molar-refractivity contribution in [3.63, 3.8) is 0 Å². The molecule has 0 aromatic carbocycles. The lowest BCUT2D eigenvalue weighted by atomic mass is 10.0. The Morgan fingerprint density at radius 1 is 0.738 bits per heavy atom. The van der Waals surface area contributed by atoms with Crippen LogP contribution < -0.4 is 9.46 Å². The van der Waals surface area contributed by atoms with E-state index in [0.717, 1.165) is 19.3 Å². The summed E-state index contributed by atoms with van der Waals surface area (Å²) in [6.45, 7) is 3.78. The lowest BCUT2D eigenvalue weighted by molar-refractivity contribution is -0.697. The average molecular weight is 614 g/mol. The molecule has 0 fully saturated rings. The number of rotatable bonds is 29. The maximum absolute atomic E-state index is 12.2. The zero-order valence-corrected chi connectivity index (χ0v) is 27.1. The van der Waals surface area contributed by atoms with Crippen LogP contribution in [0.4, 0.5) is 0 Å². The van der Waals surface area contributed by atoms with Gasteiger partial charge in [-0.25, -0.2) is 4.57 Å². The summed E-state index contributed by atoms with van der Waals surface area (Å²) in [6.07, 6.45) is 22.8. The van der Waals surface area contributed by atoms with Crippen molar-refractivity contribution in [1.82, 2.24) is 0 Å². The van der Waals surface area contributed by atoms with Crippen molar-refractivity contribution in [3.05, 3.63) is 30.6 Å². The van der Waals surface area contributed by atoms with E-state index < -0.39 is 32.9 Å². The number of Topliss-reactive ketones (excluding diaryl/α,β-unsaturated/α-hetero) is 1. The first-order chi connectivity index (χ1) is 20.3. The Labute approximate surface area is 254 Å². The fourth-order valence-corrected chi connectivity index (χ4v) is 5.30. The van der Waals surface area contributed by atoms with Gasteiger partial charge in [-0.3, -0.25) is 14.2 Å². The molecule has 9 nitrogen and oxygen atoms in total. The van der Waals surface area contributed by atoms with E-state index in [1.165, 1.54) is 90.4 Å². The van der Waals surface area contributed by atoms with Crippen LogP contribution in [0, 0.1) is 0 Å². The number of esters is 1. The summed E-state index contributed by atoms with van der Waals surface area (Å²) >= 11 is 0. The van der Waals surface area contributed by atoms with Crippen molar-refractivity contribution in [2.45, 2.75) is 136 Å². The molecule has 1 aromatic heterocycles. The minimum absolute atomic E-state index is 0.0255. The highest BCUT2D eigenvalue weighted by Gasteiger charge is 2.20. The number of unbranched alkanes of at least 4 members (excludes halogenated alkanes) is 15. The predicted molar refractivity (Wildman–Crippen MR) is 162 cm³/mol. The maximum atomic E-state index is 12.2. The molecule has 2 unspecified atom stereocenters. The summed E-state index contributed by atoms with van der Waals surface area (Å²) < 4.78 is 34.7. The minimum Gasteiger partial charge on any atom is -0.756 e. The Balaban J connectivity index is 2.14. The molecule has 0 aliphatic heterocycles. The van der Waals surface area contributed by atoms with E-state index in [2.05, 4.69) is 6.92 Å². The van der Waals surface area contributed by atoms with E-state index in [-0.39, 0.29) is 19.0 Å². The third-order valence-electron chi connectivity index (χ3n) is 6.93. The number of hydrogen-bond acceptors (Lipinski definition) is 8. The van der Waals surface area contributed by atoms with E-state index in [1.54, 1.807) is 17.0 Å². The first kappa shape index (κ1) is 38.4. The van der Waals surface area contributed by atoms with Crippen molar-refractivity contribution in [2.75, 3.05) is 26.4 Å². The monoisotopic (exact) mass is 613 g/mol. The van der Waals surface area contributed by atoms with Gasteiger partial charge in [0.25, 0.3) is 7.82 Å². The summed E-state index contributed by atoms with van der Waals surface area (Å²) in [6, 6.07) is 5.51. The zero-order valence-electron chi connectivity index (χ0n) is 26.2. The van der Waals surface area contributed by atoms with E-state index in [9.17, 15) is 19.0 Å². The molecular formula is C32H56NO8P. The van der Waals surface area contributed by atoms with Crippen LogP contribution in [0.15, 0.2) is 30.6 Å². The normalized spacial score (nSPS) is 13.5.